The maximum Gasteiger partial charge on any atom is 0.385 e. The molecular weight excluding hydrogens is 968 g/mol. The average Bonchev–Trinajstić information content (AvgIpc) is 3.28. The van der Waals surface area contributed by atoms with E-state index in [-0.39, 0.29) is 37.9 Å². The van der Waals surface area contributed by atoms with E-state index in [1.54, 1.807) is 0 Å². The summed E-state index contributed by atoms with van der Waals surface area (Å²) in [7, 11) is 0. The summed E-state index contributed by atoms with van der Waals surface area (Å²) >= 11 is 0. The van der Waals surface area contributed by atoms with E-state index in [0.717, 1.165) is 60.7 Å². The lowest BCUT2D eigenvalue weighted by molar-refractivity contribution is -0.454. The van der Waals surface area contributed by atoms with Crippen LogP contribution in [0.1, 0.15) is 72.1 Å². The molecule has 0 aliphatic rings. The van der Waals surface area contributed by atoms with Crippen LogP contribution in [0.25, 0.3) is 0 Å². The topological polar surface area (TPSA) is 124 Å². The summed E-state index contributed by atoms with van der Waals surface area (Å²) in [5, 5.41) is 0. The Morgan fingerprint density at radius 1 is 0.382 bits per heavy atom. The highest BCUT2D eigenvalue weighted by Crippen LogP contribution is 2.64. The molecule has 26 heteroatoms. The maximum absolute atomic E-state index is 14.5. The second-order valence-electron chi connectivity index (χ2n) is 14.3. The van der Waals surface area contributed by atoms with E-state index in [2.05, 4.69) is 22.6 Å². The second-order valence-corrected chi connectivity index (χ2v) is 14.3. The van der Waals surface area contributed by atoms with Gasteiger partial charge in [-0.25, -0.2) is 19.2 Å². The molecule has 2 aromatic rings. The zero-order chi connectivity index (χ0) is 51.8. The van der Waals surface area contributed by atoms with E-state index in [1.807, 2.05) is 0 Å². The Morgan fingerprint density at radius 3 is 0.926 bits per heavy atom. The average molecular weight is 1010 g/mol. The van der Waals surface area contributed by atoms with E-state index < -0.39 is 95.6 Å². The molecule has 0 heterocycles. The van der Waals surface area contributed by atoms with Crippen LogP contribution in [0.2, 0.25) is 0 Å². The molecule has 0 fully saturated rings. The Labute approximate surface area is 376 Å². The van der Waals surface area contributed by atoms with Gasteiger partial charge in [-0.3, -0.25) is 0 Å². The number of esters is 4. The van der Waals surface area contributed by atoms with Gasteiger partial charge in [-0.2, -0.15) is 70.2 Å². The molecule has 10 nitrogen and oxygen atoms in total. The first-order chi connectivity index (χ1) is 31.4. The van der Waals surface area contributed by atoms with Crippen molar-refractivity contribution >= 4 is 23.9 Å². The SMILES string of the molecule is C=CC(=O)OCCCCCCOc1ccc(C(=O)OCC(F)(F)C(F)(F)C(F)(F)C(F)(F)C(F)(F)C(F)(F)C(F)(F)C(F)(F)COC(=O)c2ccc(OCCCCCCOC(=O)C=C)cc2)cc1. The van der Waals surface area contributed by atoms with Crippen molar-refractivity contribution in [3.8, 4) is 11.5 Å². The van der Waals surface area contributed by atoms with Gasteiger partial charge >= 0.3 is 71.3 Å². The van der Waals surface area contributed by atoms with Crippen molar-refractivity contribution in [2.75, 3.05) is 39.6 Å². The van der Waals surface area contributed by atoms with Crippen molar-refractivity contribution in [3.63, 3.8) is 0 Å². The number of ether oxygens (including phenoxy) is 6. The molecule has 0 bridgehead atoms. The molecule has 0 saturated heterocycles. The highest BCUT2D eigenvalue weighted by atomic mass is 19.4. The standard InChI is InChI=1S/C42H42F16O10/c1-3-31(59)65-23-11-7-5-9-21-63-29-17-13-27(14-18-29)33(61)67-25-35(43,44)37(47,48)39(51,52)41(55,56)42(57,58)40(53,54)38(49,50)36(45,46)26-68-34(62)28-15-19-30(20-16-28)64-22-10-6-8-12-24-66-32(60)4-2/h3-4,13-20H,1-2,5-12,21-26H2. The fourth-order valence-corrected chi connectivity index (χ4v) is 5.24. The van der Waals surface area contributed by atoms with E-state index in [1.165, 1.54) is 0 Å². The van der Waals surface area contributed by atoms with Crippen LogP contribution in [0.4, 0.5) is 70.2 Å². The minimum atomic E-state index is -8.74. The van der Waals surface area contributed by atoms with Gasteiger partial charge in [0.1, 0.15) is 11.5 Å². The number of unbranched alkanes of at least 4 members (excludes halogenated alkanes) is 6. The predicted molar refractivity (Wildman–Crippen MR) is 203 cm³/mol. The number of alkyl halides is 16. The monoisotopic (exact) mass is 1010 g/mol. The largest absolute Gasteiger partial charge is 0.494 e. The van der Waals surface area contributed by atoms with Gasteiger partial charge in [0.2, 0.25) is 0 Å². The van der Waals surface area contributed by atoms with Gasteiger partial charge in [0.05, 0.1) is 37.6 Å². The molecule has 0 aliphatic carbocycles. The summed E-state index contributed by atoms with van der Waals surface area (Å²) < 4.78 is 259. The number of halogens is 16. The van der Waals surface area contributed by atoms with Crippen LogP contribution >= 0.6 is 0 Å². The quantitative estimate of drug-likeness (QED) is 0.0237. The van der Waals surface area contributed by atoms with Crippen molar-refractivity contribution in [2.24, 2.45) is 0 Å². The van der Waals surface area contributed by atoms with Gasteiger partial charge in [0.15, 0.2) is 13.2 Å². The van der Waals surface area contributed by atoms with Crippen molar-refractivity contribution in [1.82, 2.24) is 0 Å². The van der Waals surface area contributed by atoms with Crippen LogP contribution < -0.4 is 9.47 Å². The van der Waals surface area contributed by atoms with Gasteiger partial charge in [0, 0.05) is 12.2 Å². The smallest absolute Gasteiger partial charge is 0.385 e. The summed E-state index contributed by atoms with van der Waals surface area (Å²) in [5.41, 5.74) is -1.62. The molecule has 2 aromatic carbocycles. The van der Waals surface area contributed by atoms with Gasteiger partial charge in [-0.15, -0.1) is 0 Å². The Balaban J connectivity index is 2.05. The third-order valence-corrected chi connectivity index (χ3v) is 9.28. The first-order valence-electron chi connectivity index (χ1n) is 19.8. The first kappa shape index (κ1) is 58.4. The van der Waals surface area contributed by atoms with Gasteiger partial charge in [-0.1, -0.05) is 13.2 Å². The molecule has 0 aliphatic heterocycles. The zero-order valence-corrected chi connectivity index (χ0v) is 35.2. The van der Waals surface area contributed by atoms with E-state index >= 15 is 0 Å². The number of benzene rings is 2. The summed E-state index contributed by atoms with van der Waals surface area (Å²) in [4.78, 5) is 46.3. The van der Waals surface area contributed by atoms with Crippen LogP contribution in [-0.4, -0.2) is 111 Å². The Bertz CT molecular complexity index is 1850. The lowest BCUT2D eigenvalue weighted by Crippen LogP contribution is -2.75. The minimum Gasteiger partial charge on any atom is -0.494 e. The molecule has 0 spiro atoms. The number of carbonyl (C=O) groups is 4. The fraction of sp³-hybridized carbons (Fsp3) is 0.524. The van der Waals surface area contributed by atoms with Crippen LogP contribution in [-0.2, 0) is 28.5 Å². The van der Waals surface area contributed by atoms with Gasteiger partial charge in [0.25, 0.3) is 0 Å². The highest BCUT2D eigenvalue weighted by molar-refractivity contribution is 5.90. The summed E-state index contributed by atoms with van der Waals surface area (Å²) in [5.74, 6) is -69.6. The van der Waals surface area contributed by atoms with Crippen LogP contribution in [0.3, 0.4) is 0 Å². The Morgan fingerprint density at radius 2 is 0.647 bits per heavy atom. The number of rotatable bonds is 31. The third kappa shape index (κ3) is 13.9. The Kier molecular flexibility index (Phi) is 20.6. The molecule has 0 amide bonds. The van der Waals surface area contributed by atoms with Gasteiger partial charge in [-0.05, 0) is 99.9 Å². The number of carbonyl (C=O) groups excluding carboxylic acids is 4. The van der Waals surface area contributed by atoms with Crippen LogP contribution in [0.5, 0.6) is 11.5 Å². The fourth-order valence-electron chi connectivity index (χ4n) is 5.24. The van der Waals surface area contributed by atoms with Crippen molar-refractivity contribution in [1.29, 1.82) is 0 Å². The molecular formula is C42H42F16O10. The summed E-state index contributed by atoms with van der Waals surface area (Å²) in [6.45, 7) is 0.126. The molecule has 2 rings (SSSR count). The van der Waals surface area contributed by atoms with Crippen LogP contribution in [0, 0.1) is 0 Å². The Hall–Kier alpha value is -5.72. The predicted octanol–water partition coefficient (Wildman–Crippen LogP) is 11.1. The highest BCUT2D eigenvalue weighted by Gasteiger charge is 2.95. The van der Waals surface area contributed by atoms with E-state index in [9.17, 15) is 89.4 Å². The molecule has 68 heavy (non-hydrogen) atoms. The molecule has 0 N–H and O–H groups in total. The van der Waals surface area contributed by atoms with Gasteiger partial charge < -0.3 is 28.4 Å². The molecule has 0 atom stereocenters. The number of hydrogen-bond acceptors (Lipinski definition) is 10. The summed E-state index contributed by atoms with van der Waals surface area (Å²) in [6.07, 6.45) is 6.24. The number of hydrogen-bond donors (Lipinski definition) is 0. The minimum absolute atomic E-state index is 0.0125. The maximum atomic E-state index is 14.5. The molecule has 0 aromatic heterocycles. The zero-order valence-electron chi connectivity index (χ0n) is 35.2. The van der Waals surface area contributed by atoms with Crippen molar-refractivity contribution < 1.29 is 118 Å². The van der Waals surface area contributed by atoms with Crippen molar-refractivity contribution in [3.05, 3.63) is 85.0 Å². The second kappa shape index (κ2) is 24.0. The normalized spacial score (nSPS) is 13.0. The molecule has 0 unspecified atom stereocenters. The molecule has 382 valence electrons. The van der Waals surface area contributed by atoms with Crippen LogP contribution in [0.15, 0.2) is 73.8 Å². The lowest BCUT2D eigenvalue weighted by Gasteiger charge is -2.43. The molecule has 0 saturated carbocycles. The lowest BCUT2D eigenvalue weighted by atomic mass is 9.88. The first-order valence-corrected chi connectivity index (χ1v) is 19.8. The third-order valence-electron chi connectivity index (χ3n) is 9.28. The molecule has 0 radical (unpaired) electrons. The van der Waals surface area contributed by atoms with E-state index in [0.29, 0.717) is 51.4 Å². The van der Waals surface area contributed by atoms with E-state index in [4.69, 9.17) is 18.9 Å². The van der Waals surface area contributed by atoms with Crippen molar-refractivity contribution in [2.45, 2.75) is 98.7 Å². The summed E-state index contributed by atoms with van der Waals surface area (Å²) in [6, 6.07) is 6.88.